The highest BCUT2D eigenvalue weighted by Gasteiger charge is 2.16. The second-order valence-electron chi connectivity index (χ2n) is 5.99. The van der Waals surface area contributed by atoms with Crippen molar-refractivity contribution in [3.63, 3.8) is 0 Å². The highest BCUT2D eigenvalue weighted by Crippen LogP contribution is 2.30. The first-order valence-electron chi connectivity index (χ1n) is 9.03. The zero-order valence-corrected chi connectivity index (χ0v) is 17.3. The molecular formula is C20H23ClN2O6. The molecule has 156 valence electrons. The number of nitro groups is 1. The summed E-state index contributed by atoms with van der Waals surface area (Å²) in [6.07, 6.45) is 0. The molecule has 0 saturated heterocycles. The van der Waals surface area contributed by atoms with Crippen LogP contribution in [-0.2, 0) is 11.3 Å². The van der Waals surface area contributed by atoms with Crippen molar-refractivity contribution >= 4 is 23.2 Å². The molecule has 0 radical (unpaired) electrons. The number of hydrogen-bond acceptors (Lipinski definition) is 6. The second-order valence-corrected chi connectivity index (χ2v) is 6.39. The number of methoxy groups -OCH3 is 1. The number of non-ortho nitro benzene ring substituents is 1. The van der Waals surface area contributed by atoms with E-state index < -0.39 is 4.92 Å². The summed E-state index contributed by atoms with van der Waals surface area (Å²) in [5, 5.41) is 10.8. The fraction of sp³-hybridized carbons (Fsp3) is 0.350. The molecule has 0 N–H and O–H groups in total. The van der Waals surface area contributed by atoms with Crippen LogP contribution in [0, 0.1) is 10.1 Å². The summed E-state index contributed by atoms with van der Waals surface area (Å²) in [4.78, 5) is 24.4. The van der Waals surface area contributed by atoms with E-state index >= 15 is 0 Å². The topological polar surface area (TPSA) is 91.1 Å². The zero-order chi connectivity index (χ0) is 21.4. The Labute approximate surface area is 174 Å². The molecule has 1 amide bonds. The summed E-state index contributed by atoms with van der Waals surface area (Å²) in [7, 11) is 1.56. The number of likely N-dealkylation sites (N-methyl/N-ethyl adjacent to an activating group) is 1. The van der Waals surface area contributed by atoms with Gasteiger partial charge in [-0.1, -0.05) is 17.7 Å². The minimum Gasteiger partial charge on any atom is -0.493 e. The standard InChI is InChI=1S/C20H23ClN2O6/c1-4-22(12-14-6-8-18(28-5-2)19(10-14)27-3)20(24)13-29-17-9-7-15(23(25)26)11-16(17)21/h6-11H,4-5,12-13H2,1-3H3. The van der Waals surface area contributed by atoms with Gasteiger partial charge in [0.2, 0.25) is 0 Å². The molecular weight excluding hydrogens is 400 g/mol. The maximum Gasteiger partial charge on any atom is 0.271 e. The molecule has 0 atom stereocenters. The van der Waals surface area contributed by atoms with Gasteiger partial charge in [0.05, 0.1) is 23.7 Å². The first kappa shape index (κ1) is 22.3. The molecule has 8 nitrogen and oxygen atoms in total. The molecule has 0 spiro atoms. The Bertz CT molecular complexity index is 874. The maximum absolute atomic E-state index is 12.6. The molecule has 0 heterocycles. The lowest BCUT2D eigenvalue weighted by atomic mass is 10.2. The van der Waals surface area contributed by atoms with E-state index in [1.54, 1.807) is 12.0 Å². The predicted octanol–water partition coefficient (Wildman–Crippen LogP) is 4.08. The van der Waals surface area contributed by atoms with Gasteiger partial charge in [-0.05, 0) is 37.6 Å². The minimum absolute atomic E-state index is 0.0753. The number of nitro benzene ring substituents is 1. The van der Waals surface area contributed by atoms with Gasteiger partial charge in [-0.2, -0.15) is 0 Å². The van der Waals surface area contributed by atoms with E-state index in [0.717, 1.165) is 5.56 Å². The summed E-state index contributed by atoms with van der Waals surface area (Å²) in [6, 6.07) is 9.34. The molecule has 0 aliphatic heterocycles. The number of nitrogens with zero attached hydrogens (tertiary/aromatic N) is 2. The zero-order valence-electron chi connectivity index (χ0n) is 16.5. The maximum atomic E-state index is 12.6. The minimum atomic E-state index is -0.551. The third-order valence-electron chi connectivity index (χ3n) is 4.11. The van der Waals surface area contributed by atoms with Crippen LogP contribution in [0.25, 0.3) is 0 Å². The van der Waals surface area contributed by atoms with E-state index in [4.69, 9.17) is 25.8 Å². The SMILES string of the molecule is CCOc1ccc(CN(CC)C(=O)COc2ccc([N+](=O)[O-])cc2Cl)cc1OC. The molecule has 0 aliphatic rings. The van der Waals surface area contributed by atoms with E-state index in [9.17, 15) is 14.9 Å². The van der Waals surface area contributed by atoms with Crippen molar-refractivity contribution in [2.75, 3.05) is 26.9 Å². The Hall–Kier alpha value is -3.00. The van der Waals surface area contributed by atoms with Gasteiger partial charge in [0.25, 0.3) is 11.6 Å². The number of carbonyl (C=O) groups is 1. The molecule has 9 heteroatoms. The molecule has 0 fully saturated rings. The van der Waals surface area contributed by atoms with Crippen LogP contribution in [0.4, 0.5) is 5.69 Å². The highest BCUT2D eigenvalue weighted by atomic mass is 35.5. The third-order valence-corrected chi connectivity index (χ3v) is 4.41. The lowest BCUT2D eigenvalue weighted by Crippen LogP contribution is -2.34. The van der Waals surface area contributed by atoms with E-state index in [2.05, 4.69) is 0 Å². The van der Waals surface area contributed by atoms with Crippen molar-refractivity contribution in [1.29, 1.82) is 0 Å². The lowest BCUT2D eigenvalue weighted by Gasteiger charge is -2.22. The number of rotatable bonds is 10. The van der Waals surface area contributed by atoms with E-state index in [1.165, 1.54) is 18.2 Å². The van der Waals surface area contributed by atoms with Crippen molar-refractivity contribution in [1.82, 2.24) is 4.90 Å². The fourth-order valence-corrected chi connectivity index (χ4v) is 2.86. The fourth-order valence-electron chi connectivity index (χ4n) is 2.63. The Morgan fingerprint density at radius 3 is 2.41 bits per heavy atom. The van der Waals surface area contributed by atoms with Crippen LogP contribution in [0.5, 0.6) is 17.2 Å². The Morgan fingerprint density at radius 1 is 1.10 bits per heavy atom. The van der Waals surface area contributed by atoms with Gasteiger partial charge < -0.3 is 19.1 Å². The van der Waals surface area contributed by atoms with Crippen molar-refractivity contribution in [2.45, 2.75) is 20.4 Å². The highest BCUT2D eigenvalue weighted by molar-refractivity contribution is 6.32. The predicted molar refractivity (Wildman–Crippen MR) is 109 cm³/mol. The molecule has 2 rings (SSSR count). The van der Waals surface area contributed by atoms with Gasteiger partial charge >= 0.3 is 0 Å². The average molecular weight is 423 g/mol. The van der Waals surface area contributed by atoms with Crippen molar-refractivity contribution in [3.8, 4) is 17.2 Å². The first-order valence-corrected chi connectivity index (χ1v) is 9.41. The monoisotopic (exact) mass is 422 g/mol. The van der Waals surface area contributed by atoms with Crippen molar-refractivity contribution in [2.24, 2.45) is 0 Å². The van der Waals surface area contributed by atoms with Gasteiger partial charge in [-0.25, -0.2) is 0 Å². The van der Waals surface area contributed by atoms with Gasteiger partial charge in [0, 0.05) is 25.2 Å². The number of ether oxygens (including phenoxy) is 3. The molecule has 0 aromatic heterocycles. The number of benzene rings is 2. The normalized spacial score (nSPS) is 10.3. The van der Waals surface area contributed by atoms with Crippen LogP contribution >= 0.6 is 11.6 Å². The molecule has 29 heavy (non-hydrogen) atoms. The number of hydrogen-bond donors (Lipinski definition) is 0. The van der Waals surface area contributed by atoms with Crippen LogP contribution in [-0.4, -0.2) is 42.6 Å². The van der Waals surface area contributed by atoms with Crippen LogP contribution in [0.3, 0.4) is 0 Å². The van der Waals surface area contributed by atoms with Crippen LogP contribution in [0.1, 0.15) is 19.4 Å². The molecule has 0 aliphatic carbocycles. The Morgan fingerprint density at radius 2 is 1.83 bits per heavy atom. The molecule has 0 bridgehead atoms. The van der Waals surface area contributed by atoms with E-state index in [1.807, 2.05) is 32.0 Å². The largest absolute Gasteiger partial charge is 0.493 e. The van der Waals surface area contributed by atoms with Gasteiger partial charge in [-0.15, -0.1) is 0 Å². The average Bonchev–Trinajstić information content (AvgIpc) is 2.71. The summed E-state index contributed by atoms with van der Waals surface area (Å²) in [5.74, 6) is 1.21. The van der Waals surface area contributed by atoms with Crippen LogP contribution < -0.4 is 14.2 Å². The molecule has 2 aromatic carbocycles. The summed E-state index contributed by atoms with van der Waals surface area (Å²) >= 11 is 5.99. The number of amides is 1. The summed E-state index contributed by atoms with van der Waals surface area (Å²) in [5.41, 5.74) is 0.738. The summed E-state index contributed by atoms with van der Waals surface area (Å²) in [6.45, 7) is 4.89. The molecule has 2 aromatic rings. The molecule has 0 unspecified atom stereocenters. The van der Waals surface area contributed by atoms with Crippen molar-refractivity contribution < 1.29 is 23.9 Å². The number of halogens is 1. The van der Waals surface area contributed by atoms with Crippen molar-refractivity contribution in [3.05, 3.63) is 57.1 Å². The van der Waals surface area contributed by atoms with Gasteiger partial charge in [0.15, 0.2) is 18.1 Å². The second kappa shape index (κ2) is 10.5. The van der Waals surface area contributed by atoms with Gasteiger partial charge in [-0.3, -0.25) is 14.9 Å². The lowest BCUT2D eigenvalue weighted by molar-refractivity contribution is -0.384. The quantitative estimate of drug-likeness (QED) is 0.423. The number of carbonyl (C=O) groups excluding carboxylic acids is 1. The van der Waals surface area contributed by atoms with Crippen LogP contribution in [0.15, 0.2) is 36.4 Å². The molecule has 0 saturated carbocycles. The van der Waals surface area contributed by atoms with E-state index in [0.29, 0.717) is 31.2 Å². The Kier molecular flexibility index (Phi) is 8.09. The smallest absolute Gasteiger partial charge is 0.271 e. The Balaban J connectivity index is 2.03. The first-order chi connectivity index (χ1) is 13.9. The van der Waals surface area contributed by atoms with Gasteiger partial charge in [0.1, 0.15) is 5.75 Å². The van der Waals surface area contributed by atoms with E-state index in [-0.39, 0.29) is 29.0 Å². The van der Waals surface area contributed by atoms with Crippen LogP contribution in [0.2, 0.25) is 5.02 Å². The third kappa shape index (κ3) is 5.99. The summed E-state index contributed by atoms with van der Waals surface area (Å²) < 4.78 is 16.3.